The number of carbonyl (C=O) groups excluding carboxylic acids is 1. The lowest BCUT2D eigenvalue weighted by Gasteiger charge is -2.18. The number of ether oxygens (including phenoxy) is 1. The third-order valence-corrected chi connectivity index (χ3v) is 3.86. The molecule has 0 saturated carbocycles. The lowest BCUT2D eigenvalue weighted by Crippen LogP contribution is -2.32. The summed E-state index contributed by atoms with van der Waals surface area (Å²) in [5.41, 5.74) is 3.99. The lowest BCUT2D eigenvalue weighted by molar-refractivity contribution is -0.116. The minimum absolute atomic E-state index is 0.0553. The van der Waals surface area contributed by atoms with Crippen molar-refractivity contribution in [1.29, 1.82) is 0 Å². The van der Waals surface area contributed by atoms with Gasteiger partial charge in [-0.25, -0.2) is 0 Å². The first kappa shape index (κ1) is 18.0. The molecule has 0 aliphatic rings. The van der Waals surface area contributed by atoms with Crippen molar-refractivity contribution in [3.8, 4) is 0 Å². The number of methoxy groups -OCH3 is 1. The maximum atomic E-state index is 12.5. The average Bonchev–Trinajstić information content (AvgIpc) is 2.55. The summed E-state index contributed by atoms with van der Waals surface area (Å²) in [5, 5.41) is 6.27. The molecule has 0 aromatic heterocycles. The molecule has 1 atom stereocenters. The van der Waals surface area contributed by atoms with E-state index in [1.54, 1.807) is 7.11 Å². The number of rotatable bonds is 7. The standard InChI is InChI=1S/C20H26N2O2/c1-14(2)18-10-5-6-11-19(18)22-20(23)15(3)21-17-9-7-8-16(12-17)13-24-4/h5-12,14-15,21H,13H2,1-4H3,(H,22,23)/t15-/m1/s1. The first-order chi connectivity index (χ1) is 11.5. The molecule has 0 aliphatic heterocycles. The van der Waals surface area contributed by atoms with Crippen LogP contribution in [0.1, 0.15) is 37.8 Å². The topological polar surface area (TPSA) is 50.4 Å². The number of hydrogen-bond donors (Lipinski definition) is 2. The normalized spacial score (nSPS) is 12.0. The van der Waals surface area contributed by atoms with Crippen LogP contribution in [0.3, 0.4) is 0 Å². The van der Waals surface area contributed by atoms with Crippen LogP contribution >= 0.6 is 0 Å². The van der Waals surface area contributed by atoms with Crippen LogP contribution in [0.4, 0.5) is 11.4 Å². The van der Waals surface area contributed by atoms with Gasteiger partial charge in [0.2, 0.25) is 5.91 Å². The highest BCUT2D eigenvalue weighted by Crippen LogP contribution is 2.24. The van der Waals surface area contributed by atoms with Gasteiger partial charge in [0.05, 0.1) is 6.61 Å². The van der Waals surface area contributed by atoms with Crippen LogP contribution < -0.4 is 10.6 Å². The molecule has 0 fully saturated rings. The van der Waals surface area contributed by atoms with Gasteiger partial charge < -0.3 is 15.4 Å². The smallest absolute Gasteiger partial charge is 0.246 e. The van der Waals surface area contributed by atoms with Crippen molar-refractivity contribution in [2.45, 2.75) is 39.3 Å². The van der Waals surface area contributed by atoms with Crippen molar-refractivity contribution < 1.29 is 9.53 Å². The third kappa shape index (κ3) is 4.83. The average molecular weight is 326 g/mol. The van der Waals surface area contributed by atoms with Crippen molar-refractivity contribution in [1.82, 2.24) is 0 Å². The highest BCUT2D eigenvalue weighted by Gasteiger charge is 2.15. The Morgan fingerprint density at radius 3 is 2.54 bits per heavy atom. The molecule has 0 radical (unpaired) electrons. The van der Waals surface area contributed by atoms with Crippen LogP contribution in [0, 0.1) is 0 Å². The maximum Gasteiger partial charge on any atom is 0.246 e. The monoisotopic (exact) mass is 326 g/mol. The van der Waals surface area contributed by atoms with Gasteiger partial charge in [0.15, 0.2) is 0 Å². The van der Waals surface area contributed by atoms with Gasteiger partial charge >= 0.3 is 0 Å². The molecule has 2 aromatic rings. The van der Waals surface area contributed by atoms with Gasteiger partial charge in [-0.3, -0.25) is 4.79 Å². The van der Waals surface area contributed by atoms with Gasteiger partial charge in [-0.1, -0.05) is 44.2 Å². The number of para-hydroxylation sites is 1. The molecular weight excluding hydrogens is 300 g/mol. The summed E-state index contributed by atoms with van der Waals surface area (Å²) in [4.78, 5) is 12.5. The molecule has 2 rings (SSSR count). The second-order valence-corrected chi connectivity index (χ2v) is 6.23. The maximum absolute atomic E-state index is 12.5. The molecule has 0 bridgehead atoms. The molecule has 0 heterocycles. The quantitative estimate of drug-likeness (QED) is 0.793. The highest BCUT2D eigenvalue weighted by molar-refractivity contribution is 5.96. The Morgan fingerprint density at radius 2 is 1.83 bits per heavy atom. The Balaban J connectivity index is 2.04. The zero-order chi connectivity index (χ0) is 17.5. The van der Waals surface area contributed by atoms with E-state index in [1.165, 1.54) is 0 Å². The molecule has 24 heavy (non-hydrogen) atoms. The van der Waals surface area contributed by atoms with Crippen LogP contribution in [0.2, 0.25) is 0 Å². The van der Waals surface area contributed by atoms with Gasteiger partial charge in [0, 0.05) is 18.5 Å². The Hall–Kier alpha value is -2.33. The summed E-state index contributed by atoms with van der Waals surface area (Å²) in [7, 11) is 1.67. The first-order valence-corrected chi connectivity index (χ1v) is 8.25. The van der Waals surface area contributed by atoms with Crippen LogP contribution in [0.15, 0.2) is 48.5 Å². The molecule has 0 saturated heterocycles. The minimum Gasteiger partial charge on any atom is -0.380 e. The number of anilines is 2. The SMILES string of the molecule is COCc1cccc(N[C@H](C)C(=O)Nc2ccccc2C(C)C)c1. The summed E-state index contributed by atoms with van der Waals surface area (Å²) in [6.45, 7) is 6.65. The van der Waals surface area contributed by atoms with Gasteiger partial charge in [-0.2, -0.15) is 0 Å². The number of benzene rings is 2. The zero-order valence-corrected chi connectivity index (χ0v) is 14.8. The van der Waals surface area contributed by atoms with E-state index in [1.807, 2.05) is 55.5 Å². The molecule has 1 amide bonds. The van der Waals surface area contributed by atoms with Crippen LogP contribution in [0.5, 0.6) is 0 Å². The van der Waals surface area contributed by atoms with E-state index in [9.17, 15) is 4.79 Å². The third-order valence-electron chi connectivity index (χ3n) is 3.86. The van der Waals surface area contributed by atoms with Crippen molar-refractivity contribution in [3.05, 3.63) is 59.7 Å². The lowest BCUT2D eigenvalue weighted by atomic mass is 10.0. The summed E-state index contributed by atoms with van der Waals surface area (Å²) in [6, 6.07) is 15.5. The van der Waals surface area contributed by atoms with Crippen molar-refractivity contribution in [2.75, 3.05) is 17.7 Å². The van der Waals surface area contributed by atoms with Gasteiger partial charge in [-0.05, 0) is 42.2 Å². The summed E-state index contributed by atoms with van der Waals surface area (Å²) in [5.74, 6) is 0.302. The fourth-order valence-electron chi connectivity index (χ4n) is 2.59. The van der Waals surface area contributed by atoms with E-state index in [4.69, 9.17) is 4.74 Å². The van der Waals surface area contributed by atoms with Crippen LogP contribution in [-0.4, -0.2) is 19.1 Å². The van der Waals surface area contributed by atoms with E-state index in [0.717, 1.165) is 22.5 Å². The Kier molecular flexibility index (Phi) is 6.38. The first-order valence-electron chi connectivity index (χ1n) is 8.25. The summed E-state index contributed by atoms with van der Waals surface area (Å²) in [6.07, 6.45) is 0. The second-order valence-electron chi connectivity index (χ2n) is 6.23. The molecule has 0 spiro atoms. The largest absolute Gasteiger partial charge is 0.380 e. The molecule has 4 heteroatoms. The van der Waals surface area contributed by atoms with E-state index < -0.39 is 0 Å². The van der Waals surface area contributed by atoms with E-state index in [2.05, 4.69) is 24.5 Å². The van der Waals surface area contributed by atoms with Gasteiger partial charge in [0.1, 0.15) is 6.04 Å². The molecular formula is C20H26N2O2. The number of hydrogen-bond acceptors (Lipinski definition) is 3. The fourth-order valence-corrected chi connectivity index (χ4v) is 2.59. The van der Waals surface area contributed by atoms with E-state index in [-0.39, 0.29) is 11.9 Å². The zero-order valence-electron chi connectivity index (χ0n) is 14.8. The van der Waals surface area contributed by atoms with Gasteiger partial charge in [0.25, 0.3) is 0 Å². The molecule has 0 aliphatic carbocycles. The van der Waals surface area contributed by atoms with Crippen molar-refractivity contribution in [2.24, 2.45) is 0 Å². The Morgan fingerprint density at radius 1 is 1.08 bits per heavy atom. The molecule has 2 N–H and O–H groups in total. The Labute approximate surface area is 144 Å². The van der Waals surface area contributed by atoms with Crippen molar-refractivity contribution >= 4 is 17.3 Å². The molecule has 0 unspecified atom stereocenters. The number of carbonyl (C=O) groups is 1. The molecule has 128 valence electrons. The predicted octanol–water partition coefficient (Wildman–Crippen LogP) is 4.40. The predicted molar refractivity (Wildman–Crippen MR) is 99.4 cm³/mol. The van der Waals surface area contributed by atoms with Gasteiger partial charge in [-0.15, -0.1) is 0 Å². The summed E-state index contributed by atoms with van der Waals surface area (Å²) < 4.78 is 5.14. The molecule has 2 aromatic carbocycles. The number of amides is 1. The van der Waals surface area contributed by atoms with E-state index in [0.29, 0.717) is 12.5 Å². The second kappa shape index (κ2) is 8.50. The van der Waals surface area contributed by atoms with Crippen LogP contribution in [0.25, 0.3) is 0 Å². The minimum atomic E-state index is -0.344. The van der Waals surface area contributed by atoms with Crippen molar-refractivity contribution in [3.63, 3.8) is 0 Å². The highest BCUT2D eigenvalue weighted by atomic mass is 16.5. The number of nitrogens with one attached hydrogen (secondary N) is 2. The fraction of sp³-hybridized carbons (Fsp3) is 0.350. The van der Waals surface area contributed by atoms with E-state index >= 15 is 0 Å². The molecule has 4 nitrogen and oxygen atoms in total. The van der Waals surface area contributed by atoms with Crippen LogP contribution in [-0.2, 0) is 16.1 Å². The summed E-state index contributed by atoms with van der Waals surface area (Å²) >= 11 is 0. The Bertz CT molecular complexity index is 683.